The molecule has 2 aromatic heterocycles. The summed E-state index contributed by atoms with van der Waals surface area (Å²) >= 11 is 0. The maximum Gasteiger partial charge on any atom is 0.250 e. The molecule has 3 aliphatic carbocycles. The van der Waals surface area contributed by atoms with Gasteiger partial charge in [-0.2, -0.15) is 5.10 Å². The average Bonchev–Trinajstić information content (AvgIpc) is 3.52. The Morgan fingerprint density at radius 2 is 1.91 bits per heavy atom. The molecule has 0 spiro atoms. The van der Waals surface area contributed by atoms with Crippen LogP contribution in [0.5, 0.6) is 0 Å². The third kappa shape index (κ3) is 3.37. The second-order valence-electron chi connectivity index (χ2n) is 9.89. The van der Waals surface area contributed by atoms with E-state index in [4.69, 9.17) is 5.73 Å². The number of pyridine rings is 1. The molecule has 2 fully saturated rings. The Morgan fingerprint density at radius 1 is 1.12 bits per heavy atom. The third-order valence-corrected chi connectivity index (χ3v) is 8.08. The monoisotopic (exact) mass is 460 g/mol. The number of primary amides is 1. The fraction of sp³-hybridized carbons (Fsp3) is 0.370. The predicted molar refractivity (Wildman–Crippen MR) is 124 cm³/mol. The van der Waals surface area contributed by atoms with Crippen molar-refractivity contribution < 1.29 is 13.6 Å². The molecule has 1 amide bonds. The van der Waals surface area contributed by atoms with Crippen molar-refractivity contribution in [3.05, 3.63) is 82.4 Å². The topological polar surface area (TPSA) is 73.8 Å². The van der Waals surface area contributed by atoms with E-state index in [1.165, 1.54) is 42.2 Å². The Labute approximate surface area is 196 Å². The first-order chi connectivity index (χ1) is 16.5. The molecule has 2 heterocycles. The summed E-state index contributed by atoms with van der Waals surface area (Å²) in [4.78, 5) is 16.0. The molecule has 174 valence electrons. The number of halogens is 2. The molecule has 2 atom stereocenters. The average molecular weight is 461 g/mol. The summed E-state index contributed by atoms with van der Waals surface area (Å²) in [6, 6.07) is 7.63. The molecule has 0 aliphatic heterocycles. The van der Waals surface area contributed by atoms with Crippen molar-refractivity contribution in [1.82, 2.24) is 14.8 Å². The summed E-state index contributed by atoms with van der Waals surface area (Å²) in [6.07, 6.45) is 12.5. The Morgan fingerprint density at radius 3 is 2.65 bits per heavy atom. The summed E-state index contributed by atoms with van der Waals surface area (Å²) in [7, 11) is 0. The van der Waals surface area contributed by atoms with E-state index in [0.29, 0.717) is 24.0 Å². The summed E-state index contributed by atoms with van der Waals surface area (Å²) in [5.41, 5.74) is 11.0. The third-order valence-electron chi connectivity index (χ3n) is 8.08. The van der Waals surface area contributed by atoms with Crippen LogP contribution in [0.3, 0.4) is 0 Å². The number of hydrogen-bond acceptors (Lipinski definition) is 3. The number of benzene rings is 1. The largest absolute Gasteiger partial charge is 0.366 e. The van der Waals surface area contributed by atoms with Crippen molar-refractivity contribution in [2.24, 2.45) is 23.0 Å². The molecule has 7 heteroatoms. The van der Waals surface area contributed by atoms with Gasteiger partial charge in [0.15, 0.2) is 0 Å². The molecular weight excluding hydrogens is 434 g/mol. The first kappa shape index (κ1) is 21.2. The van der Waals surface area contributed by atoms with E-state index in [-0.39, 0.29) is 16.8 Å². The number of nitrogens with two attached hydrogens (primary N) is 1. The highest BCUT2D eigenvalue weighted by Gasteiger charge is 2.56. The van der Waals surface area contributed by atoms with Crippen molar-refractivity contribution in [2.45, 2.75) is 44.9 Å². The standard InChI is InChI=1S/C27H26F2N4O/c28-20-6-8-22(9-7-20)33-25-11-19-4-3-18(27(19,17-1-2-17)13-16(25)14-32-33)5-10-24-23(26(30)34)12-21(29)15-31-24/h6-9,11-12,14-15,17-18H,1-5,10,13H2,(H2,30,34). The van der Waals surface area contributed by atoms with Gasteiger partial charge in [-0.1, -0.05) is 5.57 Å². The highest BCUT2D eigenvalue weighted by Crippen LogP contribution is 2.64. The molecule has 0 saturated heterocycles. The van der Waals surface area contributed by atoms with Crippen LogP contribution >= 0.6 is 0 Å². The van der Waals surface area contributed by atoms with E-state index >= 15 is 0 Å². The number of aromatic nitrogens is 3. The zero-order chi connectivity index (χ0) is 23.4. The molecule has 2 N–H and O–H groups in total. The molecule has 5 nitrogen and oxygen atoms in total. The number of fused-ring (bicyclic) bond motifs is 2. The van der Waals surface area contributed by atoms with E-state index in [1.54, 1.807) is 12.1 Å². The molecule has 1 aromatic carbocycles. The highest BCUT2D eigenvalue weighted by molar-refractivity contribution is 5.93. The number of amides is 1. The number of nitrogens with zero attached hydrogens (tertiary/aromatic N) is 3. The van der Waals surface area contributed by atoms with Crippen LogP contribution in [0.1, 0.15) is 59.4 Å². The number of aryl methyl sites for hydroxylation is 1. The minimum Gasteiger partial charge on any atom is -0.366 e. The van der Waals surface area contributed by atoms with Gasteiger partial charge in [0, 0.05) is 5.41 Å². The second-order valence-corrected chi connectivity index (χ2v) is 9.89. The molecular formula is C27H26F2N4O. The lowest BCUT2D eigenvalue weighted by Gasteiger charge is -2.40. The lowest BCUT2D eigenvalue weighted by molar-refractivity contribution is 0.0998. The van der Waals surface area contributed by atoms with Gasteiger partial charge in [0.2, 0.25) is 0 Å². The Bertz CT molecular complexity index is 1310. The Kier molecular flexibility index (Phi) is 4.90. The van der Waals surface area contributed by atoms with Gasteiger partial charge >= 0.3 is 0 Å². The van der Waals surface area contributed by atoms with Crippen LogP contribution in [0.25, 0.3) is 11.8 Å². The lowest BCUT2D eigenvalue weighted by Crippen LogP contribution is -2.35. The zero-order valence-electron chi connectivity index (χ0n) is 18.8. The molecule has 3 aliphatic rings. The second kappa shape index (κ2) is 7.86. The van der Waals surface area contributed by atoms with Crippen molar-refractivity contribution in [3.63, 3.8) is 0 Å². The minimum absolute atomic E-state index is 0.108. The number of carbonyl (C=O) groups excluding carboxylic acids is 1. The van der Waals surface area contributed by atoms with Crippen LogP contribution in [-0.2, 0) is 12.8 Å². The minimum atomic E-state index is -0.638. The van der Waals surface area contributed by atoms with Crippen LogP contribution < -0.4 is 5.73 Å². The molecule has 2 unspecified atom stereocenters. The van der Waals surface area contributed by atoms with Crippen molar-refractivity contribution >= 4 is 12.0 Å². The maximum absolute atomic E-state index is 13.6. The first-order valence-corrected chi connectivity index (χ1v) is 11.9. The van der Waals surface area contributed by atoms with Crippen LogP contribution in [-0.4, -0.2) is 20.7 Å². The van der Waals surface area contributed by atoms with E-state index in [9.17, 15) is 13.6 Å². The van der Waals surface area contributed by atoms with Gasteiger partial charge in [0.05, 0.1) is 35.0 Å². The fourth-order valence-electron chi connectivity index (χ4n) is 6.43. The van der Waals surface area contributed by atoms with E-state index in [2.05, 4.69) is 16.2 Å². The van der Waals surface area contributed by atoms with Gasteiger partial charge in [0.1, 0.15) is 11.6 Å². The van der Waals surface area contributed by atoms with Gasteiger partial charge in [0.25, 0.3) is 5.91 Å². The van der Waals surface area contributed by atoms with Gasteiger partial charge < -0.3 is 5.73 Å². The Balaban J connectivity index is 1.31. The quantitative estimate of drug-likeness (QED) is 0.561. The highest BCUT2D eigenvalue weighted by atomic mass is 19.1. The van der Waals surface area contributed by atoms with Gasteiger partial charge in [-0.05, 0) is 98.8 Å². The number of allylic oxidation sites excluding steroid dienone is 1. The maximum atomic E-state index is 13.6. The fourth-order valence-corrected chi connectivity index (χ4v) is 6.43. The molecule has 0 bridgehead atoms. The van der Waals surface area contributed by atoms with Crippen molar-refractivity contribution in [2.75, 3.05) is 0 Å². The van der Waals surface area contributed by atoms with E-state index < -0.39 is 11.7 Å². The van der Waals surface area contributed by atoms with E-state index in [1.807, 2.05) is 10.9 Å². The Hall–Kier alpha value is -3.35. The lowest BCUT2D eigenvalue weighted by atomic mass is 9.64. The van der Waals surface area contributed by atoms with Gasteiger partial charge in [-0.3, -0.25) is 9.78 Å². The van der Waals surface area contributed by atoms with Crippen molar-refractivity contribution in [1.29, 1.82) is 0 Å². The summed E-state index contributed by atoms with van der Waals surface area (Å²) in [5.74, 6) is -0.325. The summed E-state index contributed by atoms with van der Waals surface area (Å²) in [5, 5.41) is 4.65. The molecule has 6 rings (SSSR count). The molecule has 0 radical (unpaired) electrons. The van der Waals surface area contributed by atoms with E-state index in [0.717, 1.165) is 43.3 Å². The first-order valence-electron chi connectivity index (χ1n) is 11.9. The normalized spacial score (nSPS) is 23.4. The number of hydrogen-bond donors (Lipinski definition) is 1. The van der Waals surface area contributed by atoms with Gasteiger partial charge in [-0.15, -0.1) is 0 Å². The molecule has 34 heavy (non-hydrogen) atoms. The van der Waals surface area contributed by atoms with Gasteiger partial charge in [-0.25, -0.2) is 13.5 Å². The van der Waals surface area contributed by atoms with Crippen LogP contribution in [0, 0.1) is 28.9 Å². The van der Waals surface area contributed by atoms with Crippen LogP contribution in [0.15, 0.2) is 48.3 Å². The molecule has 3 aromatic rings. The summed E-state index contributed by atoms with van der Waals surface area (Å²) < 4.78 is 29.0. The SMILES string of the molecule is NC(=O)c1cc(F)cnc1CCC1CCC2=Cc3c(cnn3-c3ccc(F)cc3)CC21C1CC1. The van der Waals surface area contributed by atoms with Crippen LogP contribution in [0.4, 0.5) is 8.78 Å². The number of rotatable bonds is 6. The van der Waals surface area contributed by atoms with Crippen molar-refractivity contribution in [3.8, 4) is 5.69 Å². The van der Waals surface area contributed by atoms with Crippen LogP contribution in [0.2, 0.25) is 0 Å². The predicted octanol–water partition coefficient (Wildman–Crippen LogP) is 5.02. The molecule has 2 saturated carbocycles. The smallest absolute Gasteiger partial charge is 0.250 e. The summed E-state index contributed by atoms with van der Waals surface area (Å²) in [6.45, 7) is 0. The number of carbonyl (C=O) groups is 1. The zero-order valence-corrected chi connectivity index (χ0v) is 18.8.